The second kappa shape index (κ2) is 5.49. The fraction of sp³-hybridized carbons (Fsp3) is 0.900. The van der Waals surface area contributed by atoms with Gasteiger partial charge in [0, 0.05) is 6.42 Å². The fourth-order valence-electron chi connectivity index (χ4n) is 1.15. The van der Waals surface area contributed by atoms with Crippen LogP contribution in [0.4, 0.5) is 0 Å². The fourth-order valence-corrected chi connectivity index (χ4v) is 3.03. The lowest BCUT2D eigenvalue weighted by Gasteiger charge is -2.14. The molecule has 0 heterocycles. The number of hydrogen-bond donors (Lipinski definition) is 0. The van der Waals surface area contributed by atoms with Crippen molar-refractivity contribution in [2.45, 2.75) is 45.8 Å². The lowest BCUT2D eigenvalue weighted by Crippen LogP contribution is -2.30. The summed E-state index contributed by atoms with van der Waals surface area (Å²) in [6, 6.07) is 0. The highest BCUT2D eigenvalue weighted by Gasteiger charge is 2.27. The molecular weight excluding hydrogens is 200 g/mol. The van der Waals surface area contributed by atoms with Gasteiger partial charge in [0.05, 0.1) is 5.75 Å². The van der Waals surface area contributed by atoms with Crippen LogP contribution in [0.1, 0.15) is 40.5 Å². The minimum Gasteiger partial charge on any atom is -0.298 e. The van der Waals surface area contributed by atoms with Crippen molar-refractivity contribution in [3.63, 3.8) is 0 Å². The Morgan fingerprint density at radius 3 is 2.07 bits per heavy atom. The molecule has 2 unspecified atom stereocenters. The van der Waals surface area contributed by atoms with Gasteiger partial charge < -0.3 is 0 Å². The lowest BCUT2D eigenvalue weighted by molar-refractivity contribution is -0.118. The molecule has 0 spiro atoms. The number of rotatable bonds is 6. The average Bonchev–Trinajstić information content (AvgIpc) is 2.14. The highest BCUT2D eigenvalue weighted by atomic mass is 32.2. The van der Waals surface area contributed by atoms with Gasteiger partial charge in [-0.25, -0.2) is 8.42 Å². The van der Waals surface area contributed by atoms with Crippen molar-refractivity contribution in [1.82, 2.24) is 0 Å². The van der Waals surface area contributed by atoms with Gasteiger partial charge >= 0.3 is 0 Å². The van der Waals surface area contributed by atoms with E-state index < -0.39 is 15.1 Å². The molecule has 0 aromatic carbocycles. The molecule has 0 aliphatic rings. The quantitative estimate of drug-likeness (QED) is 0.686. The first-order chi connectivity index (χ1) is 6.35. The highest BCUT2D eigenvalue weighted by Crippen LogP contribution is 2.12. The van der Waals surface area contributed by atoms with Crippen LogP contribution < -0.4 is 0 Å². The largest absolute Gasteiger partial charge is 0.298 e. The summed E-state index contributed by atoms with van der Waals surface area (Å²) in [7, 11) is -3.23. The maximum Gasteiger partial charge on any atom is 0.160 e. The zero-order valence-corrected chi connectivity index (χ0v) is 10.2. The summed E-state index contributed by atoms with van der Waals surface area (Å²) in [4.78, 5) is 11.2. The van der Waals surface area contributed by atoms with Gasteiger partial charge in [-0.2, -0.15) is 0 Å². The van der Waals surface area contributed by atoms with Crippen LogP contribution in [0.5, 0.6) is 0 Å². The monoisotopic (exact) mass is 220 g/mol. The zero-order chi connectivity index (χ0) is 11.4. The molecule has 0 N–H and O–H groups in total. The van der Waals surface area contributed by atoms with Crippen LogP contribution in [0.15, 0.2) is 0 Å². The zero-order valence-electron chi connectivity index (χ0n) is 9.41. The van der Waals surface area contributed by atoms with Gasteiger partial charge in [-0.1, -0.05) is 27.2 Å². The molecule has 0 rings (SSSR count). The Labute approximate surface area is 86.8 Å². The maximum absolute atomic E-state index is 11.7. The van der Waals surface area contributed by atoms with Crippen molar-refractivity contribution in [2.75, 3.05) is 5.75 Å². The van der Waals surface area contributed by atoms with Crippen LogP contribution in [-0.2, 0) is 14.6 Å². The van der Waals surface area contributed by atoms with E-state index >= 15 is 0 Å². The molecule has 14 heavy (non-hydrogen) atoms. The number of Topliss-reactive ketones (excluding diaryl/α,β-unsaturated/α-hetero) is 1. The molecule has 0 bridgehead atoms. The third-order valence-corrected chi connectivity index (χ3v) is 4.93. The maximum atomic E-state index is 11.7. The number of hydrogen-bond acceptors (Lipinski definition) is 3. The molecule has 0 aromatic heterocycles. The van der Waals surface area contributed by atoms with Crippen molar-refractivity contribution in [1.29, 1.82) is 0 Å². The first-order valence-electron chi connectivity index (χ1n) is 5.09. The molecule has 0 aliphatic heterocycles. The van der Waals surface area contributed by atoms with Crippen LogP contribution in [0.2, 0.25) is 0 Å². The second-order valence-corrected chi connectivity index (χ2v) is 6.17. The predicted octanol–water partition coefficient (Wildman–Crippen LogP) is 1.81. The van der Waals surface area contributed by atoms with E-state index in [1.165, 1.54) is 6.92 Å². The van der Waals surface area contributed by atoms with E-state index in [2.05, 4.69) is 0 Å². The molecule has 84 valence electrons. The van der Waals surface area contributed by atoms with E-state index in [4.69, 9.17) is 0 Å². The Balaban J connectivity index is 4.55. The summed E-state index contributed by atoms with van der Waals surface area (Å²) in [5, 5.41) is -0.832. The van der Waals surface area contributed by atoms with Crippen LogP contribution in [0.25, 0.3) is 0 Å². The second-order valence-electron chi connectivity index (χ2n) is 3.81. The summed E-state index contributed by atoms with van der Waals surface area (Å²) in [5.41, 5.74) is 0. The van der Waals surface area contributed by atoms with Crippen LogP contribution in [0, 0.1) is 5.92 Å². The van der Waals surface area contributed by atoms with Gasteiger partial charge in [-0.15, -0.1) is 0 Å². The SMILES string of the molecule is CCC(=O)C(C)S(=O)(=O)CC(C)CC. The van der Waals surface area contributed by atoms with Gasteiger partial charge in [0.1, 0.15) is 11.0 Å². The van der Waals surface area contributed by atoms with Crippen molar-refractivity contribution < 1.29 is 13.2 Å². The number of sulfone groups is 1. The van der Waals surface area contributed by atoms with Crippen LogP contribution >= 0.6 is 0 Å². The van der Waals surface area contributed by atoms with E-state index in [-0.39, 0.29) is 17.5 Å². The minimum atomic E-state index is -3.23. The summed E-state index contributed by atoms with van der Waals surface area (Å²) in [6.07, 6.45) is 1.12. The Hall–Kier alpha value is -0.380. The van der Waals surface area contributed by atoms with Gasteiger partial charge in [0.2, 0.25) is 0 Å². The van der Waals surface area contributed by atoms with Crippen LogP contribution in [-0.4, -0.2) is 25.2 Å². The number of ketones is 1. The Bertz CT molecular complexity index is 280. The average molecular weight is 220 g/mol. The van der Waals surface area contributed by atoms with Crippen molar-refractivity contribution in [2.24, 2.45) is 5.92 Å². The highest BCUT2D eigenvalue weighted by molar-refractivity contribution is 7.92. The first kappa shape index (κ1) is 13.6. The minimum absolute atomic E-state index is 0.121. The molecule has 0 amide bonds. The molecule has 0 fully saturated rings. The van der Waals surface area contributed by atoms with Crippen LogP contribution in [0.3, 0.4) is 0 Å². The summed E-state index contributed by atoms with van der Waals surface area (Å²) in [5.74, 6) is 0.0663. The molecule has 0 aliphatic carbocycles. The molecule has 3 nitrogen and oxygen atoms in total. The van der Waals surface area contributed by atoms with E-state index in [0.717, 1.165) is 6.42 Å². The third-order valence-electron chi connectivity index (χ3n) is 2.55. The topological polar surface area (TPSA) is 51.2 Å². The smallest absolute Gasteiger partial charge is 0.160 e. The first-order valence-corrected chi connectivity index (χ1v) is 6.80. The molecule has 2 atom stereocenters. The van der Waals surface area contributed by atoms with Gasteiger partial charge in [-0.3, -0.25) is 4.79 Å². The number of carbonyl (C=O) groups is 1. The molecule has 4 heteroatoms. The molecule has 0 saturated heterocycles. The molecule has 0 saturated carbocycles. The normalized spacial score (nSPS) is 16.3. The van der Waals surface area contributed by atoms with E-state index in [9.17, 15) is 13.2 Å². The van der Waals surface area contributed by atoms with Gasteiger partial charge in [-0.05, 0) is 12.8 Å². The lowest BCUT2D eigenvalue weighted by atomic mass is 10.2. The van der Waals surface area contributed by atoms with Crippen molar-refractivity contribution in [3.8, 4) is 0 Å². The molecule has 0 radical (unpaired) electrons. The Kier molecular flexibility index (Phi) is 5.34. The van der Waals surface area contributed by atoms with Gasteiger partial charge in [0.15, 0.2) is 9.84 Å². The van der Waals surface area contributed by atoms with Crippen molar-refractivity contribution >= 4 is 15.6 Å². The van der Waals surface area contributed by atoms with E-state index in [0.29, 0.717) is 6.42 Å². The number of carbonyl (C=O) groups excluding carboxylic acids is 1. The summed E-state index contributed by atoms with van der Waals surface area (Å²) < 4.78 is 23.4. The Morgan fingerprint density at radius 1 is 1.21 bits per heavy atom. The molecule has 0 aromatic rings. The standard InChI is InChI=1S/C10H20O3S/c1-5-8(3)7-14(12,13)9(4)10(11)6-2/h8-9H,5-7H2,1-4H3. The molecular formula is C10H20O3S. The summed E-state index contributed by atoms with van der Waals surface area (Å²) >= 11 is 0. The predicted molar refractivity (Wildman–Crippen MR) is 58.0 cm³/mol. The van der Waals surface area contributed by atoms with E-state index in [1.807, 2.05) is 13.8 Å². The Morgan fingerprint density at radius 2 is 1.71 bits per heavy atom. The van der Waals surface area contributed by atoms with E-state index in [1.54, 1.807) is 6.92 Å². The summed E-state index contributed by atoms with van der Waals surface area (Å²) in [6.45, 7) is 7.02. The van der Waals surface area contributed by atoms with Crippen molar-refractivity contribution in [3.05, 3.63) is 0 Å². The van der Waals surface area contributed by atoms with Gasteiger partial charge in [0.25, 0.3) is 0 Å². The third kappa shape index (κ3) is 3.78.